The molecule has 0 bridgehead atoms. The van der Waals surface area contributed by atoms with E-state index >= 15 is 0 Å². The summed E-state index contributed by atoms with van der Waals surface area (Å²) in [6.07, 6.45) is 1.15. The summed E-state index contributed by atoms with van der Waals surface area (Å²) in [5.41, 5.74) is -0.570. The predicted octanol–water partition coefficient (Wildman–Crippen LogP) is 3.60. The second-order valence-electron chi connectivity index (χ2n) is 9.54. The summed E-state index contributed by atoms with van der Waals surface area (Å²) in [5, 5.41) is 53.6. The summed E-state index contributed by atoms with van der Waals surface area (Å²) < 4.78 is 11.0. The largest absolute Gasteiger partial charge is 0.508 e. The van der Waals surface area contributed by atoms with E-state index in [9.17, 15) is 44.7 Å². The number of fused-ring (bicyclic) bond motifs is 1. The van der Waals surface area contributed by atoms with Crippen LogP contribution in [0.5, 0.6) is 34.5 Å². The summed E-state index contributed by atoms with van der Waals surface area (Å²) in [6.45, 7) is -0.239. The smallest absolute Gasteiger partial charge is 0.311 e. The lowest BCUT2D eigenvalue weighted by atomic mass is 10.1. The van der Waals surface area contributed by atoms with Crippen molar-refractivity contribution in [2.75, 3.05) is 11.9 Å². The lowest BCUT2D eigenvalue weighted by Crippen LogP contribution is -2.32. The molecular formula is C30H28N2O11. The number of hydrogen-bond acceptors (Lipinski definition) is 11. The first-order valence-corrected chi connectivity index (χ1v) is 13.1. The second-order valence-corrected chi connectivity index (χ2v) is 9.54. The van der Waals surface area contributed by atoms with Crippen LogP contribution in [0.15, 0.2) is 63.8 Å². The van der Waals surface area contributed by atoms with Crippen molar-refractivity contribution >= 4 is 34.4 Å². The molecule has 4 rings (SSSR count). The zero-order valence-corrected chi connectivity index (χ0v) is 22.6. The molecule has 0 atom stereocenters. The monoisotopic (exact) mass is 592 g/mol. The number of hydrogen-bond donors (Lipinski definition) is 7. The number of nitrogens with one attached hydrogen (secondary N) is 2. The summed E-state index contributed by atoms with van der Waals surface area (Å²) in [6, 6.07) is 11.4. The van der Waals surface area contributed by atoms with E-state index in [4.69, 9.17) is 9.15 Å². The van der Waals surface area contributed by atoms with Crippen molar-refractivity contribution < 1.29 is 49.1 Å². The molecule has 224 valence electrons. The highest BCUT2D eigenvalue weighted by atomic mass is 16.5. The van der Waals surface area contributed by atoms with Gasteiger partial charge in [0.1, 0.15) is 28.2 Å². The minimum atomic E-state index is -0.902. The standard InChI is InChI=1S/C30H28N2O11/c33-18-9-7-17(8-10-18)32-25(39)15-31-24(38)4-2-1-3-5-26(40)43-30-28(41)27-22(37)13-19(34)14-23(27)42-29(30)16-6-11-20(35)21(36)12-16/h6-14,33-37H,1-5,15H2,(H,31,38)(H,32,39). The van der Waals surface area contributed by atoms with Gasteiger partial charge in [-0.2, -0.15) is 0 Å². The van der Waals surface area contributed by atoms with Crippen LogP contribution in [0.1, 0.15) is 32.1 Å². The molecule has 7 N–H and O–H groups in total. The Hall–Kier alpha value is -5.72. The maximum Gasteiger partial charge on any atom is 0.311 e. The molecule has 1 aromatic heterocycles. The first kappa shape index (κ1) is 30.2. The molecule has 43 heavy (non-hydrogen) atoms. The van der Waals surface area contributed by atoms with Crippen molar-refractivity contribution in [3.63, 3.8) is 0 Å². The van der Waals surface area contributed by atoms with Gasteiger partial charge >= 0.3 is 5.97 Å². The van der Waals surface area contributed by atoms with E-state index in [0.717, 1.165) is 24.3 Å². The minimum absolute atomic E-state index is 0.0566. The Balaban J connectivity index is 1.32. The van der Waals surface area contributed by atoms with Gasteiger partial charge in [-0.25, -0.2) is 0 Å². The van der Waals surface area contributed by atoms with Gasteiger partial charge in [0.2, 0.25) is 23.0 Å². The SMILES string of the molecule is O=C(CCCCCC(=O)Oc1c(-c2ccc(O)c(O)c2)oc2cc(O)cc(O)c2c1=O)NCC(=O)Nc1ccc(O)cc1. The Kier molecular flexibility index (Phi) is 9.35. The lowest BCUT2D eigenvalue weighted by molar-refractivity contribution is -0.134. The fourth-order valence-corrected chi connectivity index (χ4v) is 4.13. The molecule has 0 unspecified atom stereocenters. The van der Waals surface area contributed by atoms with Crippen molar-refractivity contribution in [1.29, 1.82) is 0 Å². The molecule has 0 saturated carbocycles. The molecule has 13 heteroatoms. The van der Waals surface area contributed by atoms with Gasteiger partial charge < -0.3 is 45.3 Å². The number of esters is 1. The van der Waals surface area contributed by atoms with Gasteiger partial charge in [-0.1, -0.05) is 6.42 Å². The molecule has 0 aliphatic heterocycles. The van der Waals surface area contributed by atoms with Gasteiger partial charge in [0.25, 0.3) is 0 Å². The summed E-state index contributed by atoms with van der Waals surface area (Å²) >= 11 is 0. The average molecular weight is 593 g/mol. The first-order valence-electron chi connectivity index (χ1n) is 13.1. The molecule has 0 spiro atoms. The van der Waals surface area contributed by atoms with E-state index < -0.39 is 40.3 Å². The van der Waals surface area contributed by atoms with Crippen LogP contribution in [-0.4, -0.2) is 49.9 Å². The first-order chi connectivity index (χ1) is 20.5. The zero-order chi connectivity index (χ0) is 31.1. The van der Waals surface area contributed by atoms with Crippen molar-refractivity contribution in [2.45, 2.75) is 32.1 Å². The minimum Gasteiger partial charge on any atom is -0.508 e. The van der Waals surface area contributed by atoms with Gasteiger partial charge in [-0.05, 0) is 55.3 Å². The molecule has 0 aliphatic carbocycles. The number of rotatable bonds is 11. The second kappa shape index (κ2) is 13.3. The maximum atomic E-state index is 13.2. The van der Waals surface area contributed by atoms with Crippen LogP contribution < -0.4 is 20.8 Å². The van der Waals surface area contributed by atoms with E-state index in [-0.39, 0.29) is 59.1 Å². The highest BCUT2D eigenvalue weighted by molar-refractivity contribution is 5.94. The third kappa shape index (κ3) is 7.73. The van der Waals surface area contributed by atoms with Crippen molar-refractivity contribution in [3.05, 3.63) is 64.8 Å². The zero-order valence-electron chi connectivity index (χ0n) is 22.6. The number of unbranched alkanes of at least 4 members (excludes halogenated alkanes) is 2. The molecule has 0 saturated heterocycles. The topological polar surface area (TPSA) is 216 Å². The highest BCUT2D eigenvalue weighted by Crippen LogP contribution is 2.38. The lowest BCUT2D eigenvalue weighted by Gasteiger charge is -2.12. The van der Waals surface area contributed by atoms with E-state index in [1.54, 1.807) is 0 Å². The normalized spacial score (nSPS) is 10.8. The maximum absolute atomic E-state index is 13.2. The van der Waals surface area contributed by atoms with Crippen molar-refractivity contribution in [2.24, 2.45) is 0 Å². The Morgan fingerprint density at radius 3 is 2.19 bits per heavy atom. The quantitative estimate of drug-likeness (QED) is 0.0578. The van der Waals surface area contributed by atoms with Crippen LogP contribution in [0, 0.1) is 0 Å². The third-order valence-electron chi connectivity index (χ3n) is 6.25. The van der Waals surface area contributed by atoms with Crippen LogP contribution in [0.3, 0.4) is 0 Å². The van der Waals surface area contributed by atoms with Crippen LogP contribution >= 0.6 is 0 Å². The number of aromatic hydroxyl groups is 5. The predicted molar refractivity (Wildman–Crippen MR) is 153 cm³/mol. The highest BCUT2D eigenvalue weighted by Gasteiger charge is 2.23. The van der Waals surface area contributed by atoms with Crippen LogP contribution in [0.25, 0.3) is 22.3 Å². The van der Waals surface area contributed by atoms with Crippen LogP contribution in [-0.2, 0) is 14.4 Å². The number of phenols is 5. The third-order valence-corrected chi connectivity index (χ3v) is 6.25. The molecule has 0 fully saturated rings. The van der Waals surface area contributed by atoms with Gasteiger partial charge in [0.05, 0.1) is 6.54 Å². The van der Waals surface area contributed by atoms with Gasteiger partial charge in [0.15, 0.2) is 17.3 Å². The molecule has 3 aromatic carbocycles. The van der Waals surface area contributed by atoms with E-state index in [2.05, 4.69) is 10.6 Å². The molecule has 1 heterocycles. The molecule has 0 radical (unpaired) electrons. The number of phenolic OH excluding ortho intramolecular Hbond substituents is 5. The Morgan fingerprint density at radius 2 is 1.47 bits per heavy atom. The number of amides is 2. The Morgan fingerprint density at radius 1 is 0.744 bits per heavy atom. The van der Waals surface area contributed by atoms with E-state index in [1.807, 2.05) is 0 Å². The summed E-state index contributed by atoms with van der Waals surface area (Å²) in [5.74, 6) is -4.33. The average Bonchev–Trinajstić information content (AvgIpc) is 2.95. The van der Waals surface area contributed by atoms with Gasteiger partial charge in [-0.15, -0.1) is 0 Å². The number of anilines is 1. The van der Waals surface area contributed by atoms with Crippen molar-refractivity contribution in [1.82, 2.24) is 5.32 Å². The fourth-order valence-electron chi connectivity index (χ4n) is 4.13. The Labute approximate surface area is 243 Å². The molecule has 13 nitrogen and oxygen atoms in total. The number of carbonyl (C=O) groups excluding carboxylic acids is 3. The molecular weight excluding hydrogens is 564 g/mol. The number of carbonyl (C=O) groups is 3. The van der Waals surface area contributed by atoms with Gasteiger partial charge in [0, 0.05) is 36.2 Å². The molecule has 0 aliphatic rings. The van der Waals surface area contributed by atoms with Crippen molar-refractivity contribution in [3.8, 4) is 45.8 Å². The van der Waals surface area contributed by atoms with E-state index in [1.165, 1.54) is 30.3 Å². The number of benzene rings is 3. The van der Waals surface area contributed by atoms with Crippen LogP contribution in [0.2, 0.25) is 0 Å². The fraction of sp³-hybridized carbons (Fsp3) is 0.200. The van der Waals surface area contributed by atoms with Gasteiger partial charge in [-0.3, -0.25) is 19.2 Å². The van der Waals surface area contributed by atoms with Crippen LogP contribution in [0.4, 0.5) is 5.69 Å². The molecule has 2 amide bonds. The molecule has 4 aromatic rings. The van der Waals surface area contributed by atoms with E-state index in [0.29, 0.717) is 24.9 Å². The summed E-state index contributed by atoms with van der Waals surface area (Å²) in [4.78, 5) is 49.9. The Bertz CT molecular complexity index is 1730. The summed E-state index contributed by atoms with van der Waals surface area (Å²) in [7, 11) is 0. The number of ether oxygens (including phenoxy) is 1.